The first-order chi connectivity index (χ1) is 7.90. The number of nitrogens with zero attached hydrogens (tertiary/aromatic N) is 1. The number of ether oxygens (including phenoxy) is 1. The van der Waals surface area contributed by atoms with Crippen molar-refractivity contribution in [3.63, 3.8) is 0 Å². The molecular formula is C13H17NO2. The number of oxime groups is 1. The largest absolute Gasteiger partial charge is 0.363 e. The molecule has 1 aromatic rings. The maximum absolute atomic E-state index is 5.56. The highest BCUT2D eigenvalue weighted by Crippen LogP contribution is 2.17. The Bertz CT molecular complexity index is 348. The van der Waals surface area contributed by atoms with Gasteiger partial charge in [0.05, 0.1) is 18.7 Å². The summed E-state index contributed by atoms with van der Waals surface area (Å²) in [5.74, 6) is 0. The van der Waals surface area contributed by atoms with Crippen LogP contribution in [0.3, 0.4) is 0 Å². The molecule has 0 radical (unpaired) electrons. The molecule has 0 saturated heterocycles. The molecule has 0 fully saturated rings. The zero-order valence-corrected chi connectivity index (χ0v) is 9.56. The summed E-state index contributed by atoms with van der Waals surface area (Å²) in [6, 6.07) is 10.1. The lowest BCUT2D eigenvalue weighted by Crippen LogP contribution is -2.13. The van der Waals surface area contributed by atoms with Crippen LogP contribution in [-0.2, 0) is 9.57 Å². The van der Waals surface area contributed by atoms with Gasteiger partial charge in [0.1, 0.15) is 0 Å². The van der Waals surface area contributed by atoms with Crippen molar-refractivity contribution < 1.29 is 9.57 Å². The summed E-state index contributed by atoms with van der Waals surface area (Å²) in [7, 11) is 0. The topological polar surface area (TPSA) is 30.8 Å². The van der Waals surface area contributed by atoms with E-state index in [1.165, 1.54) is 0 Å². The molecule has 0 N–H and O–H groups in total. The van der Waals surface area contributed by atoms with Crippen LogP contribution >= 0.6 is 0 Å². The van der Waals surface area contributed by atoms with Gasteiger partial charge >= 0.3 is 0 Å². The van der Waals surface area contributed by atoms with Gasteiger partial charge in [-0.05, 0) is 12.0 Å². The van der Waals surface area contributed by atoms with Gasteiger partial charge in [0, 0.05) is 0 Å². The summed E-state index contributed by atoms with van der Waals surface area (Å²) in [6.07, 6.45) is 2.76. The molecule has 1 aromatic carbocycles. The third kappa shape index (κ3) is 2.83. The minimum atomic E-state index is -0.193. The van der Waals surface area contributed by atoms with Crippen LogP contribution in [0.1, 0.15) is 31.7 Å². The predicted molar refractivity (Wildman–Crippen MR) is 63.3 cm³/mol. The number of unbranched alkanes of at least 4 members (excludes halogenated alkanes) is 1. The number of hydrogen-bond donors (Lipinski definition) is 0. The smallest absolute Gasteiger partial charge is 0.232 e. The molecule has 0 bridgehead atoms. The Morgan fingerprint density at radius 3 is 2.94 bits per heavy atom. The van der Waals surface area contributed by atoms with Gasteiger partial charge in [-0.15, -0.1) is 0 Å². The van der Waals surface area contributed by atoms with Crippen molar-refractivity contribution in [2.75, 3.05) is 6.61 Å². The summed E-state index contributed by atoms with van der Waals surface area (Å²) in [5.41, 5.74) is 2.09. The van der Waals surface area contributed by atoms with Crippen LogP contribution < -0.4 is 0 Å². The summed E-state index contributed by atoms with van der Waals surface area (Å²) < 4.78 is 5.56. The molecule has 1 unspecified atom stereocenters. The van der Waals surface area contributed by atoms with Gasteiger partial charge in [-0.2, -0.15) is 0 Å². The van der Waals surface area contributed by atoms with E-state index in [1.807, 2.05) is 30.3 Å². The Morgan fingerprint density at radius 2 is 2.19 bits per heavy atom. The third-order valence-corrected chi connectivity index (χ3v) is 2.55. The van der Waals surface area contributed by atoms with Gasteiger partial charge in [0.25, 0.3) is 0 Å². The van der Waals surface area contributed by atoms with E-state index in [4.69, 9.17) is 9.57 Å². The molecule has 16 heavy (non-hydrogen) atoms. The van der Waals surface area contributed by atoms with Gasteiger partial charge in [0.2, 0.25) is 6.29 Å². The summed E-state index contributed by atoms with van der Waals surface area (Å²) in [5, 5.41) is 4.06. The van der Waals surface area contributed by atoms with Gasteiger partial charge < -0.3 is 9.57 Å². The monoisotopic (exact) mass is 219 g/mol. The molecule has 3 nitrogen and oxygen atoms in total. The molecule has 0 aromatic heterocycles. The Labute approximate surface area is 96.1 Å². The van der Waals surface area contributed by atoms with Crippen LogP contribution in [0.2, 0.25) is 0 Å². The number of rotatable bonds is 5. The first-order valence-corrected chi connectivity index (χ1v) is 5.80. The van der Waals surface area contributed by atoms with Gasteiger partial charge in [-0.1, -0.05) is 48.8 Å². The van der Waals surface area contributed by atoms with Crippen LogP contribution in [-0.4, -0.2) is 18.6 Å². The van der Waals surface area contributed by atoms with E-state index in [-0.39, 0.29) is 6.29 Å². The molecule has 1 heterocycles. The molecule has 86 valence electrons. The van der Waals surface area contributed by atoms with Crippen molar-refractivity contribution in [3.8, 4) is 0 Å². The second-order valence-electron chi connectivity index (χ2n) is 3.87. The highest BCUT2D eigenvalue weighted by molar-refractivity contribution is 6.01. The first-order valence-electron chi connectivity index (χ1n) is 5.80. The standard InChI is InChI=1S/C13H17NO2/c1-2-3-9-15-13-10-12(14-16-13)11-7-5-4-6-8-11/h4-8,13H,2-3,9-10H2,1H3. The van der Waals surface area contributed by atoms with Crippen LogP contribution in [0.5, 0.6) is 0 Å². The van der Waals surface area contributed by atoms with Crippen molar-refractivity contribution >= 4 is 5.71 Å². The van der Waals surface area contributed by atoms with Crippen LogP contribution in [0.4, 0.5) is 0 Å². The van der Waals surface area contributed by atoms with Crippen molar-refractivity contribution in [1.82, 2.24) is 0 Å². The third-order valence-electron chi connectivity index (χ3n) is 2.55. The van der Waals surface area contributed by atoms with Gasteiger partial charge in [-0.3, -0.25) is 0 Å². The Kier molecular flexibility index (Phi) is 3.94. The van der Waals surface area contributed by atoms with E-state index in [9.17, 15) is 0 Å². The van der Waals surface area contributed by atoms with E-state index >= 15 is 0 Å². The predicted octanol–water partition coefficient (Wildman–Crippen LogP) is 2.95. The fraction of sp³-hybridized carbons (Fsp3) is 0.462. The fourth-order valence-electron chi connectivity index (χ4n) is 1.60. The molecule has 1 aliphatic rings. The minimum Gasteiger partial charge on any atom is -0.363 e. The summed E-state index contributed by atoms with van der Waals surface area (Å²) in [6.45, 7) is 2.89. The van der Waals surface area contributed by atoms with Crippen LogP contribution in [0.25, 0.3) is 0 Å². The highest BCUT2D eigenvalue weighted by atomic mass is 16.8. The Morgan fingerprint density at radius 1 is 1.38 bits per heavy atom. The van der Waals surface area contributed by atoms with E-state index in [1.54, 1.807) is 0 Å². The second-order valence-corrected chi connectivity index (χ2v) is 3.87. The van der Waals surface area contributed by atoms with Crippen LogP contribution in [0.15, 0.2) is 35.5 Å². The Hall–Kier alpha value is -1.35. The molecule has 1 atom stereocenters. The SMILES string of the molecule is CCCCOC1CC(c2ccccc2)=NO1. The van der Waals surface area contributed by atoms with Crippen molar-refractivity contribution in [3.05, 3.63) is 35.9 Å². The average Bonchev–Trinajstić information content (AvgIpc) is 2.79. The first kappa shape index (κ1) is 11.1. The maximum atomic E-state index is 5.56. The summed E-state index contributed by atoms with van der Waals surface area (Å²) in [4.78, 5) is 5.23. The van der Waals surface area contributed by atoms with E-state index in [0.717, 1.165) is 37.1 Å². The van der Waals surface area contributed by atoms with Gasteiger partial charge in [0.15, 0.2) is 0 Å². The lowest BCUT2D eigenvalue weighted by Gasteiger charge is -2.08. The van der Waals surface area contributed by atoms with Crippen molar-refractivity contribution in [2.24, 2.45) is 5.16 Å². The summed E-state index contributed by atoms with van der Waals surface area (Å²) >= 11 is 0. The van der Waals surface area contributed by atoms with E-state index in [2.05, 4.69) is 12.1 Å². The second kappa shape index (κ2) is 5.66. The zero-order chi connectivity index (χ0) is 11.2. The maximum Gasteiger partial charge on any atom is 0.232 e. The lowest BCUT2D eigenvalue weighted by molar-refractivity contribution is -0.124. The number of hydrogen-bond acceptors (Lipinski definition) is 3. The van der Waals surface area contributed by atoms with Crippen molar-refractivity contribution in [1.29, 1.82) is 0 Å². The fourth-order valence-corrected chi connectivity index (χ4v) is 1.60. The van der Waals surface area contributed by atoms with E-state index in [0.29, 0.717) is 0 Å². The number of benzene rings is 1. The molecule has 0 spiro atoms. The molecule has 2 rings (SSSR count). The molecule has 3 heteroatoms. The lowest BCUT2D eigenvalue weighted by atomic mass is 10.1. The van der Waals surface area contributed by atoms with Crippen LogP contribution in [0, 0.1) is 0 Å². The zero-order valence-electron chi connectivity index (χ0n) is 9.56. The van der Waals surface area contributed by atoms with Gasteiger partial charge in [-0.25, -0.2) is 0 Å². The molecule has 0 amide bonds. The van der Waals surface area contributed by atoms with Crippen molar-refractivity contribution in [2.45, 2.75) is 32.5 Å². The quantitative estimate of drug-likeness (QED) is 0.713. The molecule has 1 aliphatic heterocycles. The molecule has 0 aliphatic carbocycles. The highest BCUT2D eigenvalue weighted by Gasteiger charge is 2.21. The Balaban J connectivity index is 1.83. The van der Waals surface area contributed by atoms with E-state index < -0.39 is 0 Å². The average molecular weight is 219 g/mol. The molecular weight excluding hydrogens is 202 g/mol. The normalized spacial score (nSPS) is 19.3. The minimum absolute atomic E-state index is 0.193. The molecule has 0 saturated carbocycles.